The Kier molecular flexibility index (Phi) is 7.09. The molecule has 0 unspecified atom stereocenters. The van der Waals surface area contributed by atoms with Crippen LogP contribution in [0.2, 0.25) is 0 Å². The third-order valence-electron chi connectivity index (χ3n) is 2.91. The van der Waals surface area contributed by atoms with E-state index in [2.05, 4.69) is 28.5 Å². The fourth-order valence-electron chi connectivity index (χ4n) is 1.80. The summed E-state index contributed by atoms with van der Waals surface area (Å²) in [6.07, 6.45) is 2.80. The molecule has 0 radical (unpaired) electrons. The molecule has 0 aliphatic heterocycles. The van der Waals surface area contributed by atoms with Crippen molar-refractivity contribution in [3.63, 3.8) is 0 Å². The standard InChI is InChI=1S/C13H22ClN3O2S/c1-3-17(4-2)13-8-7-12(11-15-13)16-20(18,19)10-6-5-9-14/h7-8,11,16H,3-6,9-10H2,1-2H3. The van der Waals surface area contributed by atoms with E-state index in [1.165, 1.54) is 0 Å². The van der Waals surface area contributed by atoms with Crippen molar-refractivity contribution in [2.24, 2.45) is 0 Å². The normalized spacial score (nSPS) is 11.3. The Labute approximate surface area is 126 Å². The molecule has 5 nitrogen and oxygen atoms in total. The lowest BCUT2D eigenvalue weighted by Gasteiger charge is -2.19. The van der Waals surface area contributed by atoms with Crippen molar-refractivity contribution in [2.45, 2.75) is 26.7 Å². The molecule has 0 saturated heterocycles. The molecule has 1 aromatic rings. The Bertz CT molecular complexity index is 487. The molecular formula is C13H22ClN3O2S. The van der Waals surface area contributed by atoms with Gasteiger partial charge in [0.2, 0.25) is 10.0 Å². The Balaban J connectivity index is 2.65. The topological polar surface area (TPSA) is 62.3 Å². The molecule has 0 aliphatic carbocycles. The molecule has 0 atom stereocenters. The number of nitrogens with zero attached hydrogens (tertiary/aromatic N) is 2. The van der Waals surface area contributed by atoms with Crippen LogP contribution in [-0.2, 0) is 10.0 Å². The second kappa shape index (κ2) is 8.32. The smallest absolute Gasteiger partial charge is 0.232 e. The van der Waals surface area contributed by atoms with Gasteiger partial charge in [-0.2, -0.15) is 0 Å². The minimum Gasteiger partial charge on any atom is -0.357 e. The van der Waals surface area contributed by atoms with Crippen molar-refractivity contribution >= 4 is 33.1 Å². The first kappa shape index (κ1) is 17.0. The Morgan fingerprint density at radius 3 is 2.45 bits per heavy atom. The summed E-state index contributed by atoms with van der Waals surface area (Å²) in [5, 5.41) is 0. The molecule has 1 heterocycles. The maximum atomic E-state index is 11.8. The molecule has 0 amide bonds. The molecule has 0 bridgehead atoms. The van der Waals surface area contributed by atoms with Crippen LogP contribution in [0, 0.1) is 0 Å². The fourth-order valence-corrected chi connectivity index (χ4v) is 3.15. The van der Waals surface area contributed by atoms with Crippen LogP contribution in [0.4, 0.5) is 11.5 Å². The monoisotopic (exact) mass is 319 g/mol. The largest absolute Gasteiger partial charge is 0.357 e. The highest BCUT2D eigenvalue weighted by atomic mass is 35.5. The predicted octanol–water partition coefficient (Wildman–Crippen LogP) is 2.69. The first-order valence-electron chi connectivity index (χ1n) is 6.79. The molecule has 0 aliphatic rings. The summed E-state index contributed by atoms with van der Waals surface area (Å²) < 4.78 is 26.2. The Morgan fingerprint density at radius 1 is 1.25 bits per heavy atom. The van der Waals surface area contributed by atoms with E-state index in [0.717, 1.165) is 18.9 Å². The van der Waals surface area contributed by atoms with Crippen LogP contribution in [0.3, 0.4) is 0 Å². The minimum absolute atomic E-state index is 0.0809. The molecule has 1 aromatic heterocycles. The van der Waals surface area contributed by atoms with Crippen LogP contribution in [0.5, 0.6) is 0 Å². The van der Waals surface area contributed by atoms with Crippen LogP contribution in [0.25, 0.3) is 0 Å². The number of halogens is 1. The van der Waals surface area contributed by atoms with Crippen LogP contribution in [0.1, 0.15) is 26.7 Å². The zero-order valence-electron chi connectivity index (χ0n) is 12.0. The number of aromatic nitrogens is 1. The zero-order valence-corrected chi connectivity index (χ0v) is 13.5. The molecule has 1 N–H and O–H groups in total. The van der Waals surface area contributed by atoms with Crippen molar-refractivity contribution in [3.8, 4) is 0 Å². The highest BCUT2D eigenvalue weighted by Gasteiger charge is 2.10. The fraction of sp³-hybridized carbons (Fsp3) is 0.615. The second-order valence-corrected chi connectivity index (χ2v) is 6.61. The lowest BCUT2D eigenvalue weighted by molar-refractivity contribution is 0.598. The van der Waals surface area contributed by atoms with Gasteiger partial charge in [0, 0.05) is 19.0 Å². The van der Waals surface area contributed by atoms with Crippen LogP contribution in [0.15, 0.2) is 18.3 Å². The van der Waals surface area contributed by atoms with Gasteiger partial charge in [0.15, 0.2) is 0 Å². The number of rotatable bonds is 9. The molecule has 114 valence electrons. The third-order valence-corrected chi connectivity index (χ3v) is 4.55. The van der Waals surface area contributed by atoms with Crippen LogP contribution < -0.4 is 9.62 Å². The number of alkyl halides is 1. The van der Waals surface area contributed by atoms with E-state index in [0.29, 0.717) is 24.4 Å². The van der Waals surface area contributed by atoms with Crippen molar-refractivity contribution in [3.05, 3.63) is 18.3 Å². The molecule has 1 rings (SSSR count). The zero-order chi connectivity index (χ0) is 15.0. The molecule has 7 heteroatoms. The summed E-state index contributed by atoms with van der Waals surface area (Å²) in [5.41, 5.74) is 0.492. The molecular weight excluding hydrogens is 298 g/mol. The van der Waals surface area contributed by atoms with Gasteiger partial charge in [-0.05, 0) is 38.8 Å². The van der Waals surface area contributed by atoms with E-state index < -0.39 is 10.0 Å². The average Bonchev–Trinajstić information content (AvgIpc) is 2.42. The van der Waals surface area contributed by atoms with Gasteiger partial charge in [-0.3, -0.25) is 4.72 Å². The summed E-state index contributed by atoms with van der Waals surface area (Å²) in [4.78, 5) is 6.38. The van der Waals surface area contributed by atoms with Crippen molar-refractivity contribution in [1.82, 2.24) is 4.98 Å². The summed E-state index contributed by atoms with van der Waals surface area (Å²) in [5.74, 6) is 1.41. The Morgan fingerprint density at radius 2 is 1.95 bits per heavy atom. The SMILES string of the molecule is CCN(CC)c1ccc(NS(=O)(=O)CCCCCl)cn1. The van der Waals surface area contributed by atoms with Gasteiger partial charge >= 0.3 is 0 Å². The number of hydrogen-bond acceptors (Lipinski definition) is 4. The highest BCUT2D eigenvalue weighted by molar-refractivity contribution is 7.92. The first-order chi connectivity index (χ1) is 9.52. The maximum absolute atomic E-state index is 11.8. The number of unbranched alkanes of at least 4 members (excludes halogenated alkanes) is 1. The number of hydrogen-bond donors (Lipinski definition) is 1. The van der Waals surface area contributed by atoms with E-state index in [4.69, 9.17) is 11.6 Å². The summed E-state index contributed by atoms with van der Waals surface area (Å²) in [6, 6.07) is 3.56. The number of nitrogens with one attached hydrogen (secondary N) is 1. The molecule has 0 spiro atoms. The van der Waals surface area contributed by atoms with Gasteiger partial charge < -0.3 is 4.90 Å². The number of pyridine rings is 1. The quantitative estimate of drug-likeness (QED) is 0.561. The number of anilines is 2. The van der Waals surface area contributed by atoms with Crippen molar-refractivity contribution < 1.29 is 8.42 Å². The first-order valence-corrected chi connectivity index (χ1v) is 8.98. The number of sulfonamides is 1. The van der Waals surface area contributed by atoms with Crippen LogP contribution >= 0.6 is 11.6 Å². The summed E-state index contributed by atoms with van der Waals surface area (Å²) in [6.45, 7) is 5.84. The predicted molar refractivity (Wildman–Crippen MR) is 85.2 cm³/mol. The van der Waals surface area contributed by atoms with Gasteiger partial charge in [0.25, 0.3) is 0 Å². The molecule has 0 aromatic carbocycles. The molecule has 0 saturated carbocycles. The lowest BCUT2D eigenvalue weighted by Crippen LogP contribution is -2.23. The second-order valence-electron chi connectivity index (χ2n) is 4.39. The van der Waals surface area contributed by atoms with Gasteiger partial charge in [0.1, 0.15) is 5.82 Å². The van der Waals surface area contributed by atoms with Gasteiger partial charge in [-0.1, -0.05) is 0 Å². The van der Waals surface area contributed by atoms with Gasteiger partial charge in [0.05, 0.1) is 17.6 Å². The third kappa shape index (κ3) is 5.54. The van der Waals surface area contributed by atoms with Crippen molar-refractivity contribution in [2.75, 3.05) is 34.3 Å². The highest BCUT2D eigenvalue weighted by Crippen LogP contribution is 2.15. The van der Waals surface area contributed by atoms with E-state index in [1.54, 1.807) is 12.3 Å². The van der Waals surface area contributed by atoms with E-state index in [9.17, 15) is 8.42 Å². The van der Waals surface area contributed by atoms with Crippen molar-refractivity contribution in [1.29, 1.82) is 0 Å². The van der Waals surface area contributed by atoms with E-state index in [-0.39, 0.29) is 5.75 Å². The minimum atomic E-state index is -3.31. The van der Waals surface area contributed by atoms with Gasteiger partial charge in [-0.15, -0.1) is 11.6 Å². The van der Waals surface area contributed by atoms with E-state index in [1.807, 2.05) is 6.07 Å². The maximum Gasteiger partial charge on any atom is 0.232 e. The lowest BCUT2D eigenvalue weighted by atomic mass is 10.4. The summed E-state index contributed by atoms with van der Waals surface area (Å²) >= 11 is 5.54. The molecule has 20 heavy (non-hydrogen) atoms. The van der Waals surface area contributed by atoms with Gasteiger partial charge in [-0.25, -0.2) is 13.4 Å². The average molecular weight is 320 g/mol. The Hall–Kier alpha value is -1.01. The summed E-state index contributed by atoms with van der Waals surface area (Å²) in [7, 11) is -3.31. The van der Waals surface area contributed by atoms with Crippen LogP contribution in [-0.4, -0.2) is 38.1 Å². The molecule has 0 fully saturated rings. The van der Waals surface area contributed by atoms with E-state index >= 15 is 0 Å².